The maximum Gasteiger partial charge on any atom is 0.335 e. The van der Waals surface area contributed by atoms with E-state index in [-0.39, 0.29) is 5.56 Å². The molecule has 0 amide bonds. The lowest BCUT2D eigenvalue weighted by Gasteiger charge is -2.08. The number of aromatic carboxylic acids is 1. The molecule has 0 unspecified atom stereocenters. The van der Waals surface area contributed by atoms with Crippen LogP contribution in [0, 0.1) is 0 Å². The average molecular weight is 257 g/mol. The second kappa shape index (κ2) is 6.44. The van der Waals surface area contributed by atoms with E-state index in [2.05, 4.69) is 5.32 Å². The van der Waals surface area contributed by atoms with E-state index < -0.39 is 5.97 Å². The van der Waals surface area contributed by atoms with Gasteiger partial charge in [-0.3, -0.25) is 0 Å². The minimum Gasteiger partial charge on any atom is -0.492 e. The summed E-state index contributed by atoms with van der Waals surface area (Å²) < 4.78 is 5.53. The molecule has 0 aliphatic rings. The van der Waals surface area contributed by atoms with Crippen LogP contribution in [0.4, 0.5) is 5.69 Å². The Morgan fingerprint density at radius 1 is 1.05 bits per heavy atom. The molecule has 98 valence electrons. The molecule has 0 saturated carbocycles. The van der Waals surface area contributed by atoms with Gasteiger partial charge in [0, 0.05) is 12.2 Å². The molecule has 0 aliphatic heterocycles. The fourth-order valence-corrected chi connectivity index (χ4v) is 1.61. The zero-order valence-electron chi connectivity index (χ0n) is 10.4. The zero-order valence-corrected chi connectivity index (χ0v) is 10.4. The molecule has 0 fully saturated rings. The molecule has 4 nitrogen and oxygen atoms in total. The lowest BCUT2D eigenvalue weighted by Crippen LogP contribution is -2.11. The Labute approximate surface area is 111 Å². The summed E-state index contributed by atoms with van der Waals surface area (Å²) in [7, 11) is 0. The van der Waals surface area contributed by atoms with Crippen molar-refractivity contribution in [1.82, 2.24) is 0 Å². The van der Waals surface area contributed by atoms with Gasteiger partial charge in [0.1, 0.15) is 12.4 Å². The van der Waals surface area contributed by atoms with E-state index in [0.29, 0.717) is 13.2 Å². The maximum absolute atomic E-state index is 10.7. The van der Waals surface area contributed by atoms with Crippen LogP contribution in [-0.2, 0) is 0 Å². The normalized spacial score (nSPS) is 9.89. The average Bonchev–Trinajstić information content (AvgIpc) is 2.45. The molecule has 4 heteroatoms. The number of ether oxygens (including phenoxy) is 1. The number of rotatable bonds is 6. The van der Waals surface area contributed by atoms with Gasteiger partial charge in [-0.15, -0.1) is 0 Å². The summed E-state index contributed by atoms with van der Waals surface area (Å²) >= 11 is 0. The van der Waals surface area contributed by atoms with Crippen LogP contribution in [0.1, 0.15) is 10.4 Å². The van der Waals surface area contributed by atoms with E-state index in [1.807, 2.05) is 30.3 Å². The molecule has 0 heterocycles. The highest BCUT2D eigenvalue weighted by Crippen LogP contribution is 2.10. The summed E-state index contributed by atoms with van der Waals surface area (Å²) in [5.74, 6) is -0.0792. The summed E-state index contributed by atoms with van der Waals surface area (Å²) in [6.07, 6.45) is 0. The van der Waals surface area contributed by atoms with Crippen molar-refractivity contribution in [3.8, 4) is 5.75 Å². The van der Waals surface area contributed by atoms with E-state index in [0.717, 1.165) is 11.4 Å². The Kier molecular flexibility index (Phi) is 4.39. The van der Waals surface area contributed by atoms with E-state index in [1.54, 1.807) is 24.3 Å². The fourth-order valence-electron chi connectivity index (χ4n) is 1.61. The van der Waals surface area contributed by atoms with Crippen molar-refractivity contribution in [3.63, 3.8) is 0 Å². The molecule has 2 N–H and O–H groups in total. The molecular weight excluding hydrogens is 242 g/mol. The van der Waals surface area contributed by atoms with Gasteiger partial charge in [-0.2, -0.15) is 0 Å². The molecule has 0 aliphatic carbocycles. The fraction of sp³-hybridized carbons (Fsp3) is 0.133. The number of carbonyl (C=O) groups is 1. The van der Waals surface area contributed by atoms with Crippen molar-refractivity contribution in [2.45, 2.75) is 0 Å². The summed E-state index contributed by atoms with van der Waals surface area (Å²) in [5, 5.41) is 11.9. The van der Waals surface area contributed by atoms with Gasteiger partial charge in [0.15, 0.2) is 0 Å². The molecule has 0 bridgehead atoms. The smallest absolute Gasteiger partial charge is 0.335 e. The van der Waals surface area contributed by atoms with E-state index in [9.17, 15) is 4.79 Å². The molecule has 2 rings (SSSR count). The topological polar surface area (TPSA) is 58.6 Å². The predicted molar refractivity (Wildman–Crippen MR) is 73.8 cm³/mol. The van der Waals surface area contributed by atoms with Gasteiger partial charge in [0.05, 0.1) is 5.56 Å². The van der Waals surface area contributed by atoms with Crippen LogP contribution in [0.25, 0.3) is 0 Å². The van der Waals surface area contributed by atoms with E-state index in [1.165, 1.54) is 0 Å². The number of hydrogen-bond acceptors (Lipinski definition) is 3. The summed E-state index contributed by atoms with van der Waals surface area (Å²) in [4.78, 5) is 10.7. The lowest BCUT2D eigenvalue weighted by atomic mass is 10.2. The van der Waals surface area contributed by atoms with Crippen molar-refractivity contribution in [3.05, 3.63) is 60.2 Å². The van der Waals surface area contributed by atoms with Gasteiger partial charge in [-0.25, -0.2) is 4.79 Å². The zero-order chi connectivity index (χ0) is 13.5. The minimum absolute atomic E-state index is 0.283. The Morgan fingerprint density at radius 3 is 2.37 bits per heavy atom. The first-order valence-electron chi connectivity index (χ1n) is 6.01. The SMILES string of the molecule is O=C(O)c1ccc(NCCOc2ccccc2)cc1. The first-order chi connectivity index (χ1) is 9.25. The van der Waals surface area contributed by atoms with Gasteiger partial charge in [-0.1, -0.05) is 18.2 Å². The first kappa shape index (κ1) is 13.0. The summed E-state index contributed by atoms with van der Waals surface area (Å²) in [5.41, 5.74) is 1.16. The highest BCUT2D eigenvalue weighted by Gasteiger charge is 2.01. The highest BCUT2D eigenvalue weighted by molar-refractivity contribution is 5.87. The predicted octanol–water partition coefficient (Wildman–Crippen LogP) is 2.88. The summed E-state index contributed by atoms with van der Waals surface area (Å²) in [6.45, 7) is 1.20. The largest absolute Gasteiger partial charge is 0.492 e. The third-order valence-electron chi connectivity index (χ3n) is 2.57. The number of benzene rings is 2. The standard InChI is InChI=1S/C15H15NO3/c17-15(18)12-6-8-13(9-7-12)16-10-11-19-14-4-2-1-3-5-14/h1-9,16H,10-11H2,(H,17,18). The van der Waals surface area contributed by atoms with Gasteiger partial charge >= 0.3 is 5.97 Å². The van der Waals surface area contributed by atoms with Crippen LogP contribution in [0.2, 0.25) is 0 Å². The van der Waals surface area contributed by atoms with Crippen LogP contribution in [0.5, 0.6) is 5.75 Å². The molecule has 0 spiro atoms. The number of para-hydroxylation sites is 1. The molecule has 0 radical (unpaired) electrons. The third kappa shape index (κ3) is 4.03. The molecule has 0 aromatic heterocycles. The van der Waals surface area contributed by atoms with E-state index in [4.69, 9.17) is 9.84 Å². The quantitative estimate of drug-likeness (QED) is 0.781. The third-order valence-corrected chi connectivity index (χ3v) is 2.57. The maximum atomic E-state index is 10.7. The van der Waals surface area contributed by atoms with Crippen LogP contribution >= 0.6 is 0 Å². The van der Waals surface area contributed by atoms with Crippen molar-refractivity contribution < 1.29 is 14.6 Å². The van der Waals surface area contributed by atoms with Crippen LogP contribution in [-0.4, -0.2) is 24.2 Å². The summed E-state index contributed by atoms with van der Waals surface area (Å²) in [6, 6.07) is 16.2. The Morgan fingerprint density at radius 2 is 1.74 bits per heavy atom. The van der Waals surface area contributed by atoms with Gasteiger partial charge in [0.25, 0.3) is 0 Å². The number of carboxylic acids is 1. The van der Waals surface area contributed by atoms with Gasteiger partial charge < -0.3 is 15.2 Å². The monoisotopic (exact) mass is 257 g/mol. The molecular formula is C15H15NO3. The van der Waals surface area contributed by atoms with Crippen molar-refractivity contribution in [1.29, 1.82) is 0 Å². The Balaban J connectivity index is 1.75. The van der Waals surface area contributed by atoms with Crippen molar-refractivity contribution in [2.75, 3.05) is 18.5 Å². The second-order valence-electron chi connectivity index (χ2n) is 3.97. The van der Waals surface area contributed by atoms with Crippen LogP contribution in [0.3, 0.4) is 0 Å². The number of carboxylic acid groups (broad SMARTS) is 1. The van der Waals surface area contributed by atoms with Crippen molar-refractivity contribution in [2.24, 2.45) is 0 Å². The van der Waals surface area contributed by atoms with Gasteiger partial charge in [0.2, 0.25) is 0 Å². The Hall–Kier alpha value is -2.49. The van der Waals surface area contributed by atoms with Crippen molar-refractivity contribution >= 4 is 11.7 Å². The molecule has 2 aromatic rings. The first-order valence-corrected chi connectivity index (χ1v) is 6.01. The highest BCUT2D eigenvalue weighted by atomic mass is 16.5. The minimum atomic E-state index is -0.918. The molecule has 0 atom stereocenters. The number of nitrogens with one attached hydrogen (secondary N) is 1. The number of anilines is 1. The Bertz CT molecular complexity index is 523. The van der Waals surface area contributed by atoms with E-state index >= 15 is 0 Å². The van der Waals surface area contributed by atoms with Gasteiger partial charge in [-0.05, 0) is 36.4 Å². The van der Waals surface area contributed by atoms with Crippen LogP contribution < -0.4 is 10.1 Å². The molecule has 2 aromatic carbocycles. The lowest BCUT2D eigenvalue weighted by molar-refractivity contribution is 0.0697. The molecule has 0 saturated heterocycles. The van der Waals surface area contributed by atoms with Crippen LogP contribution in [0.15, 0.2) is 54.6 Å². The number of hydrogen-bond donors (Lipinski definition) is 2. The second-order valence-corrected chi connectivity index (χ2v) is 3.97. The molecule has 19 heavy (non-hydrogen) atoms.